The Morgan fingerprint density at radius 3 is 0.696 bits per heavy atom. The van der Waals surface area contributed by atoms with Gasteiger partial charge in [0.05, 0.1) is 50.6 Å². The second kappa shape index (κ2) is 33.7. The molecular weight excluding hydrogens is 1630 g/mol. The summed E-state index contributed by atoms with van der Waals surface area (Å²) >= 11 is 0. The average Bonchev–Trinajstić information content (AvgIpc) is 1.51. The van der Waals surface area contributed by atoms with Gasteiger partial charge in [-0.05, 0) is 266 Å². The summed E-state index contributed by atoms with van der Waals surface area (Å²) in [5.41, 5.74) is 30.9. The van der Waals surface area contributed by atoms with Crippen LogP contribution in [0.5, 0.6) is 0 Å². The smallest absolute Gasteiger partial charge is 0.0756 e. The maximum atomic E-state index is 2.57. The minimum absolute atomic E-state index is 0. The summed E-state index contributed by atoms with van der Waals surface area (Å²) in [6.07, 6.45) is 0. The van der Waals surface area contributed by atoms with Gasteiger partial charge >= 0.3 is 0 Å². The SMILES string of the molecule is C.C.C.C.c1ccc(N2c3ccccc3C3(c4ccccc42)c2cc(N(c4ccccc4)c4ccc5ccccc5c4)c4ccccc4c2-c2c3cc(N(c3ccccc3)c3ccc4ccccc4c3)c3ccccc23)cc1.c1ccc(N2c3ccccc3C3(c4ccccc42)c2ccc4ccccc4c2-c2c3cc(N(c3ccccc3)c3ccc4ccccc4c3)c3ccccc23)cc1. The Hall–Kier alpha value is -17.1. The van der Waals surface area contributed by atoms with Crippen LogP contribution in [0.3, 0.4) is 0 Å². The summed E-state index contributed by atoms with van der Waals surface area (Å²) in [7, 11) is 0. The number of rotatable bonds is 11. The summed E-state index contributed by atoms with van der Waals surface area (Å²) < 4.78 is 0. The van der Waals surface area contributed by atoms with Crippen LogP contribution in [0, 0.1) is 0 Å². The monoisotopic (exact) mass is 1730 g/mol. The van der Waals surface area contributed by atoms with Crippen LogP contribution in [0.1, 0.15) is 74.2 Å². The molecule has 0 atom stereocenters. The highest BCUT2D eigenvalue weighted by Crippen LogP contribution is 2.70. The van der Waals surface area contributed by atoms with Crippen molar-refractivity contribution < 1.29 is 0 Å². The Balaban J connectivity index is 0.000000157. The lowest BCUT2D eigenvalue weighted by atomic mass is 9.64. The van der Waals surface area contributed by atoms with Gasteiger partial charge in [0.25, 0.3) is 0 Å². The number of para-hydroxylation sites is 9. The quantitative estimate of drug-likeness (QED) is 0.128. The Morgan fingerprint density at radius 2 is 0.378 bits per heavy atom. The van der Waals surface area contributed by atoms with Gasteiger partial charge in [-0.2, -0.15) is 0 Å². The van der Waals surface area contributed by atoms with Crippen LogP contribution in [-0.2, 0) is 10.8 Å². The van der Waals surface area contributed by atoms with E-state index in [2.05, 4.69) is 528 Å². The van der Waals surface area contributed by atoms with E-state index in [-0.39, 0.29) is 29.7 Å². The second-order valence-corrected chi connectivity index (χ2v) is 34.8. The third-order valence-corrected chi connectivity index (χ3v) is 28.1. The van der Waals surface area contributed by atoms with E-state index in [9.17, 15) is 0 Å². The van der Waals surface area contributed by atoms with Gasteiger partial charge in [-0.15, -0.1) is 0 Å². The first-order chi connectivity index (χ1) is 65.0. The fourth-order valence-corrected chi connectivity index (χ4v) is 22.8. The highest BCUT2D eigenvalue weighted by atomic mass is 15.2. The molecule has 0 fully saturated rings. The van der Waals surface area contributed by atoms with Crippen LogP contribution < -0.4 is 24.5 Å². The molecule has 0 saturated carbocycles. The Labute approximate surface area is 790 Å². The molecule has 2 aliphatic carbocycles. The number of hydrogen-bond donors (Lipinski definition) is 0. The molecule has 2 aliphatic heterocycles. The van der Waals surface area contributed by atoms with Crippen LogP contribution in [0.25, 0.3) is 97.7 Å². The topological polar surface area (TPSA) is 16.2 Å². The van der Waals surface area contributed by atoms with Crippen molar-refractivity contribution in [2.45, 2.75) is 40.5 Å². The average molecular weight is 1730 g/mol. The molecule has 5 nitrogen and oxygen atoms in total. The Morgan fingerprint density at radius 1 is 0.148 bits per heavy atom. The van der Waals surface area contributed by atoms with E-state index in [0.29, 0.717) is 0 Å². The summed E-state index contributed by atoms with van der Waals surface area (Å²) in [4.78, 5) is 12.4. The normalized spacial score (nSPS) is 12.7. The Kier molecular flexibility index (Phi) is 20.8. The van der Waals surface area contributed by atoms with Gasteiger partial charge in [0.2, 0.25) is 0 Å². The van der Waals surface area contributed by atoms with Crippen molar-refractivity contribution in [1.82, 2.24) is 0 Å². The van der Waals surface area contributed by atoms with Gasteiger partial charge in [-0.25, -0.2) is 0 Å². The van der Waals surface area contributed by atoms with E-state index in [0.717, 1.165) is 73.9 Å². The molecule has 0 aromatic heterocycles. The predicted octanol–water partition coefficient (Wildman–Crippen LogP) is 36.7. The summed E-state index contributed by atoms with van der Waals surface area (Å²) in [6.45, 7) is 0. The minimum Gasteiger partial charge on any atom is -0.310 e. The zero-order valence-corrected chi connectivity index (χ0v) is 71.7. The molecule has 135 heavy (non-hydrogen) atoms. The summed E-state index contributed by atoms with van der Waals surface area (Å²) in [5.74, 6) is 0. The standard InChI is InChI=1S/C71H47N3.C55H36N2.4CH4/c1-4-26-52(27-5-1)72(55-42-40-48-22-10-12-24-50(48)44-55)67-46-63-69(59-34-16-14-32-57(59)67)70-60-35-17-15-33-58(60)68(73(53-28-6-2-7-29-53)56-43-41-49-23-11-13-25-51(49)45-56)47-64(70)71(63)61-36-18-20-38-65(61)74(54-30-8-3-9-31-54)66-39-21-19-37-62(66)71;1-3-20-40(21-4-1)56(42-33-31-37-17-7-8-19-39(37)35-42)52-36-49-54(45-26-12-11-25-44(45)52)53-43-24-10-9-18-38(43)32-34-48(53)55(49)46-27-13-15-29-50(46)57(41-22-5-2-6-23-41)51-30-16-14-28-47(51)55;;;;/h1-47H;1-36H;4*1H4. The fourth-order valence-electron chi connectivity index (χ4n) is 22.8. The summed E-state index contributed by atoms with van der Waals surface area (Å²) in [6, 6.07) is 186. The van der Waals surface area contributed by atoms with E-state index in [1.807, 2.05) is 0 Å². The van der Waals surface area contributed by atoms with Crippen molar-refractivity contribution in [3.05, 3.63) is 548 Å². The van der Waals surface area contributed by atoms with Crippen LogP contribution in [-0.4, -0.2) is 0 Å². The van der Waals surface area contributed by atoms with E-state index in [1.54, 1.807) is 0 Å². The first-order valence-corrected chi connectivity index (χ1v) is 45.4. The lowest BCUT2D eigenvalue weighted by molar-refractivity contribution is 0.753. The second-order valence-electron chi connectivity index (χ2n) is 34.8. The van der Waals surface area contributed by atoms with E-state index >= 15 is 0 Å². The number of nitrogens with zero attached hydrogens (tertiary/aromatic N) is 5. The maximum Gasteiger partial charge on any atom is 0.0756 e. The van der Waals surface area contributed by atoms with Crippen molar-refractivity contribution >= 4 is 161 Å². The van der Waals surface area contributed by atoms with Crippen LogP contribution in [0.15, 0.2) is 504 Å². The first kappa shape index (κ1) is 83.5. The predicted molar refractivity (Wildman–Crippen MR) is 577 cm³/mol. The molecule has 644 valence electrons. The van der Waals surface area contributed by atoms with Crippen LogP contribution in [0.4, 0.5) is 85.3 Å². The molecule has 2 spiro atoms. The molecular formula is C130H99N5. The maximum absolute atomic E-state index is 2.57. The molecule has 0 unspecified atom stereocenters. The fraction of sp³-hybridized carbons (Fsp3) is 0.0462. The first-order valence-electron chi connectivity index (χ1n) is 45.4. The highest BCUT2D eigenvalue weighted by molar-refractivity contribution is 6.21. The molecule has 23 aromatic carbocycles. The van der Waals surface area contributed by atoms with Gasteiger partial charge in [-0.3, -0.25) is 0 Å². The van der Waals surface area contributed by atoms with E-state index in [1.165, 1.54) is 154 Å². The lowest BCUT2D eigenvalue weighted by Gasteiger charge is -2.45. The molecule has 0 N–H and O–H groups in total. The van der Waals surface area contributed by atoms with Crippen molar-refractivity contribution in [2.75, 3.05) is 24.5 Å². The van der Waals surface area contributed by atoms with E-state index < -0.39 is 10.8 Å². The molecule has 0 bridgehead atoms. The van der Waals surface area contributed by atoms with Crippen LogP contribution >= 0.6 is 0 Å². The van der Waals surface area contributed by atoms with Crippen molar-refractivity contribution in [1.29, 1.82) is 0 Å². The van der Waals surface area contributed by atoms with Crippen LogP contribution in [0.2, 0.25) is 0 Å². The highest BCUT2D eigenvalue weighted by Gasteiger charge is 2.56. The van der Waals surface area contributed by atoms with Crippen molar-refractivity contribution in [3.8, 4) is 22.3 Å². The van der Waals surface area contributed by atoms with Crippen molar-refractivity contribution in [2.24, 2.45) is 0 Å². The number of anilines is 15. The molecule has 0 amide bonds. The van der Waals surface area contributed by atoms with E-state index in [4.69, 9.17) is 0 Å². The molecule has 2 heterocycles. The zero-order chi connectivity index (χ0) is 86.2. The van der Waals surface area contributed by atoms with Gasteiger partial charge in [0.1, 0.15) is 0 Å². The summed E-state index contributed by atoms with van der Waals surface area (Å²) in [5, 5.41) is 17.1. The zero-order valence-electron chi connectivity index (χ0n) is 71.7. The van der Waals surface area contributed by atoms with Gasteiger partial charge in [0, 0.05) is 61.7 Å². The molecule has 0 radical (unpaired) electrons. The van der Waals surface area contributed by atoms with Crippen molar-refractivity contribution in [3.63, 3.8) is 0 Å². The third-order valence-electron chi connectivity index (χ3n) is 28.1. The minimum atomic E-state index is -0.793. The lowest BCUT2D eigenvalue weighted by Crippen LogP contribution is -2.36. The molecule has 23 aromatic rings. The van der Waals surface area contributed by atoms with Gasteiger partial charge in [0.15, 0.2) is 0 Å². The largest absolute Gasteiger partial charge is 0.310 e. The molecule has 4 aliphatic rings. The number of fused-ring (bicyclic) bond motifs is 29. The Bertz CT molecular complexity index is 8220. The third kappa shape index (κ3) is 12.7. The molecule has 27 rings (SSSR count). The van der Waals surface area contributed by atoms with Gasteiger partial charge in [-0.1, -0.05) is 394 Å². The molecule has 0 saturated heterocycles. The molecule has 5 heteroatoms. The number of benzene rings is 23. The number of hydrogen-bond acceptors (Lipinski definition) is 5. The van der Waals surface area contributed by atoms with Gasteiger partial charge < -0.3 is 24.5 Å².